The topological polar surface area (TPSA) is 113 Å². The molecule has 4 rings (SSSR count). The number of carbonyl (C=O) groups is 5. The zero-order valence-corrected chi connectivity index (χ0v) is 16.0. The fourth-order valence-electron chi connectivity index (χ4n) is 4.18. The molecule has 0 aromatic heterocycles. The molecule has 0 bridgehead atoms. The third-order valence-electron chi connectivity index (χ3n) is 5.83. The second kappa shape index (κ2) is 6.98. The summed E-state index contributed by atoms with van der Waals surface area (Å²) in [6.45, 7) is -1.03. The molecule has 0 radical (unpaired) electrons. The monoisotopic (exact) mass is 399 g/mol. The summed E-state index contributed by atoms with van der Waals surface area (Å²) in [5.74, 6) is -1.71. The van der Waals surface area contributed by atoms with Gasteiger partial charge < -0.3 is 15.0 Å². The standard InChI is InChI=1S/C20H21N3O6/c1-22-14-5-4-12(8-13(14)9-16(22)25)15(24)11-29-17(26)10-23-18(27)20(21-19(23)28)6-2-3-7-20/h4-5,8H,2-3,6-7,9-11H2,1H3,(H,21,28). The van der Waals surface area contributed by atoms with Gasteiger partial charge in [-0.2, -0.15) is 0 Å². The van der Waals surface area contributed by atoms with Gasteiger partial charge in [-0.1, -0.05) is 12.8 Å². The number of benzene rings is 1. The molecule has 4 amide bonds. The molecule has 0 unspecified atom stereocenters. The quantitative estimate of drug-likeness (QED) is 0.445. The first-order chi connectivity index (χ1) is 13.8. The van der Waals surface area contributed by atoms with E-state index >= 15 is 0 Å². The zero-order chi connectivity index (χ0) is 20.8. The molecule has 1 aromatic carbocycles. The Hall–Kier alpha value is -3.23. The molecule has 2 fully saturated rings. The van der Waals surface area contributed by atoms with Gasteiger partial charge in [-0.25, -0.2) is 4.79 Å². The second-order valence-corrected chi connectivity index (χ2v) is 7.67. The predicted octanol–water partition coefficient (Wildman–Crippen LogP) is 0.796. The van der Waals surface area contributed by atoms with Crippen molar-refractivity contribution in [3.8, 4) is 0 Å². The highest BCUT2D eigenvalue weighted by atomic mass is 16.5. The first kappa shape index (κ1) is 19.1. The van der Waals surface area contributed by atoms with Gasteiger partial charge in [0.1, 0.15) is 12.1 Å². The van der Waals surface area contributed by atoms with Crippen LogP contribution < -0.4 is 10.2 Å². The molecule has 2 aliphatic heterocycles. The van der Waals surface area contributed by atoms with E-state index in [0.717, 1.165) is 29.0 Å². The largest absolute Gasteiger partial charge is 0.456 e. The van der Waals surface area contributed by atoms with Crippen LogP contribution in [0.25, 0.3) is 0 Å². The summed E-state index contributed by atoms with van der Waals surface area (Å²) in [5.41, 5.74) is 0.945. The van der Waals surface area contributed by atoms with Crippen LogP contribution in [0.2, 0.25) is 0 Å². The lowest BCUT2D eigenvalue weighted by molar-refractivity contribution is -0.146. The minimum Gasteiger partial charge on any atom is -0.456 e. The van der Waals surface area contributed by atoms with E-state index in [4.69, 9.17) is 4.74 Å². The van der Waals surface area contributed by atoms with Gasteiger partial charge in [0, 0.05) is 18.3 Å². The van der Waals surface area contributed by atoms with Crippen LogP contribution >= 0.6 is 0 Å². The number of imide groups is 1. The van der Waals surface area contributed by atoms with E-state index in [9.17, 15) is 24.0 Å². The van der Waals surface area contributed by atoms with Gasteiger partial charge in [-0.15, -0.1) is 0 Å². The first-order valence-electron chi connectivity index (χ1n) is 9.53. The van der Waals surface area contributed by atoms with E-state index in [1.807, 2.05) is 0 Å². The van der Waals surface area contributed by atoms with Crippen molar-refractivity contribution < 1.29 is 28.7 Å². The number of urea groups is 1. The highest BCUT2D eigenvalue weighted by Crippen LogP contribution is 2.35. The van der Waals surface area contributed by atoms with Crippen molar-refractivity contribution in [3.63, 3.8) is 0 Å². The number of rotatable bonds is 5. The van der Waals surface area contributed by atoms with Crippen LogP contribution in [0.15, 0.2) is 18.2 Å². The van der Waals surface area contributed by atoms with Crippen molar-refractivity contribution in [2.45, 2.75) is 37.6 Å². The number of likely N-dealkylation sites (N-methyl/N-ethyl adjacent to an activating group) is 1. The second-order valence-electron chi connectivity index (χ2n) is 7.67. The number of anilines is 1. The van der Waals surface area contributed by atoms with E-state index in [1.165, 1.54) is 4.90 Å². The first-order valence-corrected chi connectivity index (χ1v) is 9.53. The lowest BCUT2D eigenvalue weighted by atomic mass is 9.98. The predicted molar refractivity (Wildman–Crippen MR) is 100 cm³/mol. The van der Waals surface area contributed by atoms with E-state index < -0.39 is 42.4 Å². The van der Waals surface area contributed by atoms with Gasteiger partial charge in [0.2, 0.25) is 5.91 Å². The van der Waals surface area contributed by atoms with E-state index in [0.29, 0.717) is 18.4 Å². The number of ketones is 1. The average Bonchev–Trinajstić information content (AvgIpc) is 3.34. The van der Waals surface area contributed by atoms with E-state index in [1.54, 1.807) is 25.2 Å². The van der Waals surface area contributed by atoms with Crippen LogP contribution in [0.3, 0.4) is 0 Å². The van der Waals surface area contributed by atoms with Crippen LogP contribution in [0.4, 0.5) is 10.5 Å². The SMILES string of the molecule is CN1C(=O)Cc2cc(C(=O)COC(=O)CN3C(=O)NC4(CCCC4)C3=O)ccc21. The summed E-state index contributed by atoms with van der Waals surface area (Å²) in [4.78, 5) is 63.2. The third kappa shape index (κ3) is 3.26. The van der Waals surface area contributed by atoms with Gasteiger partial charge in [-0.05, 0) is 36.6 Å². The molecule has 3 aliphatic rings. The Morgan fingerprint density at radius 1 is 1.17 bits per heavy atom. The summed E-state index contributed by atoms with van der Waals surface area (Å²) in [5, 5.41) is 2.69. The molecule has 1 spiro atoms. The highest BCUT2D eigenvalue weighted by Gasteiger charge is 2.52. The smallest absolute Gasteiger partial charge is 0.326 e. The minimum atomic E-state index is -0.887. The molecule has 1 aliphatic carbocycles. The van der Waals surface area contributed by atoms with Crippen LogP contribution in [-0.4, -0.2) is 60.2 Å². The summed E-state index contributed by atoms with van der Waals surface area (Å²) < 4.78 is 4.99. The van der Waals surface area contributed by atoms with Crippen molar-refractivity contribution in [2.75, 3.05) is 25.1 Å². The van der Waals surface area contributed by atoms with Crippen LogP contribution in [-0.2, 0) is 25.5 Å². The molecule has 9 nitrogen and oxygen atoms in total. The lowest BCUT2D eigenvalue weighted by Gasteiger charge is -2.19. The number of esters is 1. The van der Waals surface area contributed by atoms with Crippen molar-refractivity contribution in [1.82, 2.24) is 10.2 Å². The molecule has 1 saturated carbocycles. The van der Waals surface area contributed by atoms with Crippen LogP contribution in [0, 0.1) is 0 Å². The fraction of sp³-hybridized carbons (Fsp3) is 0.450. The molecule has 152 valence electrons. The Kier molecular flexibility index (Phi) is 4.60. The van der Waals surface area contributed by atoms with Gasteiger partial charge >= 0.3 is 12.0 Å². The highest BCUT2D eigenvalue weighted by molar-refractivity contribution is 6.09. The zero-order valence-electron chi connectivity index (χ0n) is 16.0. The van der Waals surface area contributed by atoms with Crippen molar-refractivity contribution >= 4 is 35.3 Å². The van der Waals surface area contributed by atoms with Gasteiger partial charge in [-0.3, -0.25) is 24.1 Å². The number of Topliss-reactive ketones (excluding diaryl/α,β-unsaturated/α-hetero) is 1. The summed E-state index contributed by atoms with van der Waals surface area (Å²) >= 11 is 0. The number of amides is 4. The van der Waals surface area contributed by atoms with Gasteiger partial charge in [0.25, 0.3) is 5.91 Å². The van der Waals surface area contributed by atoms with Gasteiger partial charge in [0.15, 0.2) is 12.4 Å². The average molecular weight is 399 g/mol. The maximum atomic E-state index is 12.5. The number of ether oxygens (including phenoxy) is 1. The lowest BCUT2D eigenvalue weighted by Crippen LogP contribution is -2.44. The number of carbonyl (C=O) groups excluding carboxylic acids is 5. The van der Waals surface area contributed by atoms with E-state index in [-0.39, 0.29) is 12.3 Å². The van der Waals surface area contributed by atoms with Crippen molar-refractivity contribution in [2.24, 2.45) is 0 Å². The van der Waals surface area contributed by atoms with Crippen LogP contribution in [0.1, 0.15) is 41.6 Å². The van der Waals surface area contributed by atoms with Crippen molar-refractivity contribution in [1.29, 1.82) is 0 Å². The Bertz CT molecular complexity index is 934. The molecule has 1 N–H and O–H groups in total. The molecule has 29 heavy (non-hydrogen) atoms. The summed E-state index contributed by atoms with van der Waals surface area (Å²) in [7, 11) is 1.67. The number of hydrogen-bond acceptors (Lipinski definition) is 6. The number of fused-ring (bicyclic) bond motifs is 1. The van der Waals surface area contributed by atoms with Crippen LogP contribution in [0.5, 0.6) is 0 Å². The molecule has 0 atom stereocenters. The molecule has 2 heterocycles. The Morgan fingerprint density at radius 3 is 2.62 bits per heavy atom. The Balaban J connectivity index is 1.34. The normalized spacial score (nSPS) is 19.7. The molecule has 9 heteroatoms. The molecule has 1 saturated heterocycles. The maximum absolute atomic E-state index is 12.5. The molecule has 1 aromatic rings. The third-order valence-corrected chi connectivity index (χ3v) is 5.83. The fourth-order valence-corrected chi connectivity index (χ4v) is 4.18. The number of hydrogen-bond donors (Lipinski definition) is 1. The Labute approximate surface area is 167 Å². The van der Waals surface area contributed by atoms with E-state index in [2.05, 4.69) is 5.32 Å². The maximum Gasteiger partial charge on any atom is 0.326 e. The molecular weight excluding hydrogens is 378 g/mol. The van der Waals surface area contributed by atoms with Gasteiger partial charge in [0.05, 0.1) is 6.42 Å². The molecular formula is C20H21N3O6. The number of nitrogens with zero attached hydrogens (tertiary/aromatic N) is 2. The number of nitrogens with one attached hydrogen (secondary N) is 1. The van der Waals surface area contributed by atoms with Crippen molar-refractivity contribution in [3.05, 3.63) is 29.3 Å². The summed E-state index contributed by atoms with van der Waals surface area (Å²) in [6.07, 6.45) is 3.05. The summed E-state index contributed by atoms with van der Waals surface area (Å²) in [6, 6.07) is 4.27. The minimum absolute atomic E-state index is 0.0513. The Morgan fingerprint density at radius 2 is 1.90 bits per heavy atom.